The van der Waals surface area contributed by atoms with Gasteiger partial charge in [-0.3, -0.25) is 19.2 Å². The molecule has 0 aromatic carbocycles. The molecular weight excluding hydrogens is 382 g/mol. The van der Waals surface area contributed by atoms with Crippen LogP contribution in [0.25, 0.3) is 0 Å². The van der Waals surface area contributed by atoms with Crippen molar-refractivity contribution >= 4 is 23.6 Å². The maximum absolute atomic E-state index is 13.1. The molecule has 11 heteroatoms. The second-order valence-electron chi connectivity index (χ2n) is 7.77. The maximum atomic E-state index is 13.1. The molecule has 0 bridgehead atoms. The number of aliphatic hydroxyl groups is 2. The first kappa shape index (κ1) is 23.0. The zero-order valence-electron chi connectivity index (χ0n) is 16.8. The molecule has 2 aliphatic rings. The number of aliphatic hydroxyl groups excluding tert-OH is 2. The fraction of sp³-hybridized carbons (Fsp3) is 0.778. The van der Waals surface area contributed by atoms with E-state index in [1.165, 1.54) is 23.6 Å². The molecule has 0 aromatic rings. The minimum absolute atomic E-state index is 0.341. The summed E-state index contributed by atoms with van der Waals surface area (Å²) in [4.78, 5) is 52.5. The van der Waals surface area contributed by atoms with E-state index >= 15 is 0 Å². The Kier molecular flexibility index (Phi) is 7.55. The van der Waals surface area contributed by atoms with Crippen LogP contribution in [-0.4, -0.2) is 93.1 Å². The molecule has 164 valence electrons. The van der Waals surface area contributed by atoms with Crippen LogP contribution < -0.4 is 16.8 Å². The predicted molar refractivity (Wildman–Crippen MR) is 102 cm³/mol. The van der Waals surface area contributed by atoms with Crippen LogP contribution in [0.4, 0.5) is 0 Å². The van der Waals surface area contributed by atoms with Gasteiger partial charge in [-0.2, -0.15) is 0 Å². The third kappa shape index (κ3) is 5.03. The molecule has 7 N–H and O–H groups in total. The Bertz CT molecular complexity index is 655. The number of nitrogens with two attached hydrogens (primary N) is 2. The van der Waals surface area contributed by atoms with Gasteiger partial charge in [0.2, 0.25) is 23.6 Å². The van der Waals surface area contributed by atoms with E-state index < -0.39 is 54.1 Å². The van der Waals surface area contributed by atoms with E-state index in [1.807, 2.05) is 0 Å². The lowest BCUT2D eigenvalue weighted by Gasteiger charge is -2.33. The molecule has 0 aliphatic carbocycles. The maximum Gasteiger partial charge on any atom is 0.246 e. The highest BCUT2D eigenvalue weighted by Gasteiger charge is 2.43. The number of nitrogens with zero attached hydrogens (tertiary/aromatic N) is 2. The number of primary amides is 1. The first-order chi connectivity index (χ1) is 13.6. The molecule has 4 amide bonds. The summed E-state index contributed by atoms with van der Waals surface area (Å²) in [5, 5.41) is 21.6. The predicted octanol–water partition coefficient (Wildman–Crippen LogP) is -2.97. The number of carbonyl (C=O) groups is 4. The number of likely N-dealkylation sites (tertiary alicyclic amines) is 2. The average molecular weight is 413 g/mol. The van der Waals surface area contributed by atoms with Crippen LogP contribution in [0.15, 0.2) is 0 Å². The molecule has 2 rings (SSSR count). The average Bonchev–Trinajstić information content (AvgIpc) is 3.32. The highest BCUT2D eigenvalue weighted by molar-refractivity contribution is 5.95. The van der Waals surface area contributed by atoms with Gasteiger partial charge in [-0.25, -0.2) is 0 Å². The van der Waals surface area contributed by atoms with E-state index in [-0.39, 0.29) is 5.91 Å². The standard InChI is InChI=1S/C18H31N5O6/c1-9(24)13(19)18(29)23-8-4-6-12(23)17(28)22-7-3-5-11(22)16(27)21-14(10(2)25)15(20)26/h9-14,24-25H,3-8,19H2,1-2H3,(H2,20,26)(H,21,27)/t9-,10-,11-,12-,13+,14-/m0/s1. The van der Waals surface area contributed by atoms with Gasteiger partial charge < -0.3 is 36.8 Å². The van der Waals surface area contributed by atoms with Crippen LogP contribution in [0.5, 0.6) is 0 Å². The fourth-order valence-electron chi connectivity index (χ4n) is 3.86. The van der Waals surface area contributed by atoms with Crippen molar-refractivity contribution < 1.29 is 29.4 Å². The Hall–Kier alpha value is -2.24. The molecule has 6 atom stereocenters. The number of carbonyl (C=O) groups excluding carboxylic acids is 4. The third-order valence-corrected chi connectivity index (χ3v) is 5.55. The minimum Gasteiger partial charge on any atom is -0.391 e. The summed E-state index contributed by atoms with van der Waals surface area (Å²) in [5.41, 5.74) is 11.0. The highest BCUT2D eigenvalue weighted by atomic mass is 16.3. The summed E-state index contributed by atoms with van der Waals surface area (Å²) in [6.45, 7) is 3.44. The Balaban J connectivity index is 2.11. The van der Waals surface area contributed by atoms with Crippen LogP contribution in [0.2, 0.25) is 0 Å². The van der Waals surface area contributed by atoms with Gasteiger partial charge in [0.15, 0.2) is 0 Å². The van der Waals surface area contributed by atoms with Crippen molar-refractivity contribution in [1.82, 2.24) is 15.1 Å². The van der Waals surface area contributed by atoms with Crippen LogP contribution in [0.1, 0.15) is 39.5 Å². The molecule has 11 nitrogen and oxygen atoms in total. The molecule has 0 aromatic heterocycles. The highest BCUT2D eigenvalue weighted by Crippen LogP contribution is 2.25. The van der Waals surface area contributed by atoms with Gasteiger partial charge in [-0.1, -0.05) is 0 Å². The molecule has 2 aliphatic heterocycles. The Morgan fingerprint density at radius 1 is 0.966 bits per heavy atom. The fourth-order valence-corrected chi connectivity index (χ4v) is 3.86. The van der Waals surface area contributed by atoms with Gasteiger partial charge in [0.05, 0.1) is 12.2 Å². The van der Waals surface area contributed by atoms with Gasteiger partial charge in [0, 0.05) is 13.1 Å². The van der Waals surface area contributed by atoms with Crippen molar-refractivity contribution in [2.24, 2.45) is 11.5 Å². The zero-order valence-corrected chi connectivity index (χ0v) is 16.8. The summed E-state index contributed by atoms with van der Waals surface area (Å²) in [7, 11) is 0. The lowest BCUT2D eigenvalue weighted by atomic mass is 10.1. The smallest absolute Gasteiger partial charge is 0.246 e. The molecule has 2 saturated heterocycles. The summed E-state index contributed by atoms with van der Waals surface area (Å²) >= 11 is 0. The SMILES string of the molecule is C[C@H](O)[C@H](NC(=O)[C@@H]1CCCN1C(=O)[C@@H]1CCCN1C(=O)[C@H](N)[C@H](C)O)C(N)=O. The van der Waals surface area contributed by atoms with Crippen LogP contribution in [-0.2, 0) is 19.2 Å². The second-order valence-corrected chi connectivity index (χ2v) is 7.77. The van der Waals surface area contributed by atoms with Crippen molar-refractivity contribution in [3.05, 3.63) is 0 Å². The van der Waals surface area contributed by atoms with E-state index in [0.717, 1.165) is 0 Å². The third-order valence-electron chi connectivity index (χ3n) is 5.55. The monoisotopic (exact) mass is 413 g/mol. The Labute approximate surface area is 169 Å². The first-order valence-electron chi connectivity index (χ1n) is 9.88. The molecule has 2 fully saturated rings. The van der Waals surface area contributed by atoms with E-state index in [0.29, 0.717) is 38.8 Å². The van der Waals surface area contributed by atoms with E-state index in [4.69, 9.17) is 11.5 Å². The number of hydrogen-bond donors (Lipinski definition) is 5. The number of amides is 4. The van der Waals surface area contributed by atoms with Crippen molar-refractivity contribution in [2.75, 3.05) is 13.1 Å². The largest absolute Gasteiger partial charge is 0.391 e. The molecule has 0 spiro atoms. The number of rotatable bonds is 7. The Morgan fingerprint density at radius 3 is 2.03 bits per heavy atom. The molecule has 29 heavy (non-hydrogen) atoms. The molecule has 0 unspecified atom stereocenters. The summed E-state index contributed by atoms with van der Waals surface area (Å²) in [6, 6.07) is -3.94. The molecule has 0 radical (unpaired) electrons. The lowest BCUT2D eigenvalue weighted by Crippen LogP contribution is -2.58. The van der Waals surface area contributed by atoms with Gasteiger partial charge in [0.25, 0.3) is 0 Å². The van der Waals surface area contributed by atoms with Crippen molar-refractivity contribution in [1.29, 1.82) is 0 Å². The van der Waals surface area contributed by atoms with Crippen LogP contribution in [0, 0.1) is 0 Å². The first-order valence-corrected chi connectivity index (χ1v) is 9.88. The molecular formula is C18H31N5O6. The molecule has 0 saturated carbocycles. The second kappa shape index (κ2) is 9.51. The van der Waals surface area contributed by atoms with Crippen molar-refractivity contribution in [3.8, 4) is 0 Å². The summed E-state index contributed by atoms with van der Waals surface area (Å²) in [6.07, 6.45) is -0.170. The van der Waals surface area contributed by atoms with Crippen LogP contribution >= 0.6 is 0 Å². The van der Waals surface area contributed by atoms with Crippen LogP contribution in [0.3, 0.4) is 0 Å². The van der Waals surface area contributed by atoms with Crippen molar-refractivity contribution in [2.45, 2.75) is 75.9 Å². The number of nitrogens with one attached hydrogen (secondary N) is 1. The quantitative estimate of drug-likeness (QED) is 0.295. The topological polar surface area (TPSA) is 179 Å². The van der Waals surface area contributed by atoms with Gasteiger partial charge in [-0.15, -0.1) is 0 Å². The summed E-state index contributed by atoms with van der Waals surface area (Å²) in [5.74, 6) is -2.31. The van der Waals surface area contributed by atoms with Gasteiger partial charge in [-0.05, 0) is 39.5 Å². The van der Waals surface area contributed by atoms with E-state index in [9.17, 15) is 29.4 Å². The van der Waals surface area contributed by atoms with Gasteiger partial charge >= 0.3 is 0 Å². The number of hydrogen-bond acceptors (Lipinski definition) is 7. The minimum atomic E-state index is -1.26. The van der Waals surface area contributed by atoms with E-state index in [1.54, 1.807) is 0 Å². The zero-order chi connectivity index (χ0) is 21.9. The normalized spacial score (nSPS) is 26.0. The summed E-state index contributed by atoms with van der Waals surface area (Å²) < 4.78 is 0. The lowest BCUT2D eigenvalue weighted by molar-refractivity contribution is -0.148. The van der Waals surface area contributed by atoms with Crippen molar-refractivity contribution in [3.63, 3.8) is 0 Å². The molecule has 2 heterocycles. The van der Waals surface area contributed by atoms with E-state index in [2.05, 4.69) is 5.32 Å². The van der Waals surface area contributed by atoms with Gasteiger partial charge in [0.1, 0.15) is 24.2 Å². The Morgan fingerprint density at radius 2 is 1.52 bits per heavy atom.